The Kier molecular flexibility index (Phi) is 6.36. The van der Waals surface area contributed by atoms with Gasteiger partial charge in [0.15, 0.2) is 0 Å². The van der Waals surface area contributed by atoms with Crippen molar-refractivity contribution in [2.24, 2.45) is 0 Å². The number of hydrogen-bond donors (Lipinski definition) is 1. The highest BCUT2D eigenvalue weighted by Gasteiger charge is 2.47. The predicted octanol–water partition coefficient (Wildman–Crippen LogP) is 5.17. The van der Waals surface area contributed by atoms with Gasteiger partial charge in [0, 0.05) is 11.3 Å². The normalized spacial score (nSPS) is 17.2. The number of ketones is 1. The summed E-state index contributed by atoms with van der Waals surface area (Å²) in [6.07, 6.45) is 0. The second-order valence-corrected chi connectivity index (χ2v) is 7.84. The van der Waals surface area contributed by atoms with Crippen LogP contribution in [0.5, 0.6) is 11.5 Å². The van der Waals surface area contributed by atoms with Crippen molar-refractivity contribution >= 4 is 23.1 Å². The lowest BCUT2D eigenvalue weighted by molar-refractivity contribution is -0.132. The molecular formula is C27H24FNO5. The van der Waals surface area contributed by atoms with Gasteiger partial charge in [-0.2, -0.15) is 0 Å². The zero-order valence-corrected chi connectivity index (χ0v) is 19.0. The number of anilines is 1. The number of Topliss-reactive ketones (excluding diaryl/α,β-unsaturated/α-hetero) is 1. The molecule has 1 aliphatic heterocycles. The summed E-state index contributed by atoms with van der Waals surface area (Å²) in [7, 11) is 1.51. The molecule has 3 aromatic rings. The van der Waals surface area contributed by atoms with Crippen molar-refractivity contribution in [2.75, 3.05) is 18.6 Å². The number of carbonyl (C=O) groups excluding carboxylic acids is 2. The van der Waals surface area contributed by atoms with E-state index in [2.05, 4.69) is 0 Å². The number of carbonyl (C=O) groups is 2. The van der Waals surface area contributed by atoms with Gasteiger partial charge in [-0.25, -0.2) is 4.39 Å². The minimum Gasteiger partial charge on any atom is -0.507 e. The van der Waals surface area contributed by atoms with Gasteiger partial charge >= 0.3 is 0 Å². The van der Waals surface area contributed by atoms with Crippen LogP contribution in [0.1, 0.15) is 29.7 Å². The fourth-order valence-electron chi connectivity index (χ4n) is 4.10. The van der Waals surface area contributed by atoms with Crippen LogP contribution in [0.25, 0.3) is 5.76 Å². The van der Waals surface area contributed by atoms with E-state index < -0.39 is 23.5 Å². The zero-order valence-electron chi connectivity index (χ0n) is 19.0. The molecule has 1 N–H and O–H groups in total. The summed E-state index contributed by atoms with van der Waals surface area (Å²) >= 11 is 0. The van der Waals surface area contributed by atoms with Gasteiger partial charge in [-0.1, -0.05) is 12.1 Å². The van der Waals surface area contributed by atoms with Crippen LogP contribution < -0.4 is 14.4 Å². The Labute approximate surface area is 196 Å². The van der Waals surface area contributed by atoms with Crippen molar-refractivity contribution in [3.05, 3.63) is 94.8 Å². The third-order valence-corrected chi connectivity index (χ3v) is 5.71. The number of hydrogen-bond acceptors (Lipinski definition) is 5. The Morgan fingerprint density at radius 3 is 2.44 bits per heavy atom. The molecule has 3 aromatic carbocycles. The van der Waals surface area contributed by atoms with E-state index in [1.54, 1.807) is 42.5 Å². The first kappa shape index (κ1) is 23.0. The summed E-state index contributed by atoms with van der Waals surface area (Å²) < 4.78 is 24.5. The van der Waals surface area contributed by atoms with Gasteiger partial charge < -0.3 is 14.6 Å². The van der Waals surface area contributed by atoms with Crippen LogP contribution in [-0.2, 0) is 9.59 Å². The number of aliphatic hydroxyl groups excluding tert-OH is 1. The molecule has 1 atom stereocenters. The van der Waals surface area contributed by atoms with E-state index in [1.165, 1.54) is 36.3 Å². The van der Waals surface area contributed by atoms with Gasteiger partial charge in [0.05, 0.1) is 25.3 Å². The number of rotatable bonds is 6. The Morgan fingerprint density at radius 1 is 1.06 bits per heavy atom. The SMILES string of the molecule is CCOc1ccc(/C(O)=C2/C(=O)C(=O)N(c3ccc(F)cc3)C2c2cccc(OC)c2)cc1C. The predicted molar refractivity (Wildman–Crippen MR) is 127 cm³/mol. The van der Waals surface area contributed by atoms with Crippen molar-refractivity contribution in [2.45, 2.75) is 19.9 Å². The number of aliphatic hydroxyl groups is 1. The largest absolute Gasteiger partial charge is 0.507 e. The van der Waals surface area contributed by atoms with E-state index in [4.69, 9.17) is 9.47 Å². The van der Waals surface area contributed by atoms with Gasteiger partial charge in [-0.05, 0) is 79.6 Å². The standard InChI is InChI=1S/C27H24FNO5/c1-4-34-22-13-8-18(14-16(22)2)25(30)23-24(17-6-5-7-21(15-17)33-3)29(27(32)26(23)31)20-11-9-19(28)10-12-20/h5-15,24,30H,4H2,1-3H3/b25-23-. The summed E-state index contributed by atoms with van der Waals surface area (Å²) in [5.41, 5.74) is 1.99. The van der Waals surface area contributed by atoms with E-state index in [1.807, 2.05) is 13.8 Å². The molecule has 1 aliphatic rings. The Morgan fingerprint density at radius 2 is 1.79 bits per heavy atom. The maximum atomic E-state index is 13.6. The van der Waals surface area contributed by atoms with E-state index in [-0.39, 0.29) is 11.3 Å². The van der Waals surface area contributed by atoms with Crippen molar-refractivity contribution < 1.29 is 28.6 Å². The van der Waals surface area contributed by atoms with Gasteiger partial charge in [0.2, 0.25) is 0 Å². The Bertz CT molecular complexity index is 1280. The maximum Gasteiger partial charge on any atom is 0.300 e. The van der Waals surface area contributed by atoms with Crippen molar-refractivity contribution in [1.29, 1.82) is 0 Å². The highest BCUT2D eigenvalue weighted by Crippen LogP contribution is 2.43. The van der Waals surface area contributed by atoms with Crippen LogP contribution in [0, 0.1) is 12.7 Å². The van der Waals surface area contributed by atoms with Crippen LogP contribution in [0.2, 0.25) is 0 Å². The third-order valence-electron chi connectivity index (χ3n) is 5.71. The molecule has 174 valence electrons. The molecule has 1 fully saturated rings. The fourth-order valence-corrected chi connectivity index (χ4v) is 4.10. The van der Waals surface area contributed by atoms with Gasteiger partial charge in [-0.15, -0.1) is 0 Å². The summed E-state index contributed by atoms with van der Waals surface area (Å²) in [4.78, 5) is 27.7. The molecular weight excluding hydrogens is 437 g/mol. The van der Waals surface area contributed by atoms with E-state index in [0.29, 0.717) is 34.9 Å². The minimum atomic E-state index is -0.938. The summed E-state index contributed by atoms with van der Waals surface area (Å²) in [6.45, 7) is 4.20. The number of aryl methyl sites for hydroxylation is 1. The molecule has 1 unspecified atom stereocenters. The van der Waals surface area contributed by atoms with Gasteiger partial charge in [0.1, 0.15) is 23.1 Å². The Hall–Kier alpha value is -4.13. The molecule has 0 saturated carbocycles. The zero-order chi connectivity index (χ0) is 24.4. The van der Waals surface area contributed by atoms with Gasteiger partial charge in [0.25, 0.3) is 11.7 Å². The topological polar surface area (TPSA) is 76.1 Å². The second-order valence-electron chi connectivity index (χ2n) is 7.84. The van der Waals surface area contributed by atoms with Crippen LogP contribution in [0.4, 0.5) is 10.1 Å². The third kappa shape index (κ3) is 4.12. The first-order valence-corrected chi connectivity index (χ1v) is 10.8. The summed E-state index contributed by atoms with van der Waals surface area (Å²) in [5.74, 6) is -1.23. The lowest BCUT2D eigenvalue weighted by atomic mass is 9.94. The molecule has 6 nitrogen and oxygen atoms in total. The van der Waals surface area contributed by atoms with Crippen LogP contribution in [0.3, 0.4) is 0 Å². The number of halogens is 1. The average molecular weight is 461 g/mol. The van der Waals surface area contributed by atoms with Crippen molar-refractivity contribution in [1.82, 2.24) is 0 Å². The number of methoxy groups -OCH3 is 1. The van der Waals surface area contributed by atoms with Crippen LogP contribution in [-0.4, -0.2) is 30.5 Å². The summed E-state index contributed by atoms with van der Waals surface area (Å²) in [5, 5.41) is 11.3. The lowest BCUT2D eigenvalue weighted by Gasteiger charge is -2.25. The van der Waals surface area contributed by atoms with E-state index in [9.17, 15) is 19.1 Å². The number of benzene rings is 3. The van der Waals surface area contributed by atoms with E-state index >= 15 is 0 Å². The minimum absolute atomic E-state index is 0.0638. The molecule has 7 heteroatoms. The smallest absolute Gasteiger partial charge is 0.300 e. The van der Waals surface area contributed by atoms with Crippen molar-refractivity contribution in [3.8, 4) is 11.5 Å². The quantitative estimate of drug-likeness (QED) is 0.312. The maximum absolute atomic E-state index is 13.6. The number of ether oxygens (including phenoxy) is 2. The Balaban J connectivity index is 1.92. The molecule has 4 rings (SSSR count). The molecule has 0 aromatic heterocycles. The fraction of sp³-hybridized carbons (Fsp3) is 0.185. The summed E-state index contributed by atoms with van der Waals surface area (Å²) in [6, 6.07) is 16.3. The van der Waals surface area contributed by atoms with E-state index in [0.717, 1.165) is 5.56 Å². The van der Waals surface area contributed by atoms with Crippen LogP contribution in [0.15, 0.2) is 72.3 Å². The first-order valence-electron chi connectivity index (χ1n) is 10.8. The molecule has 1 heterocycles. The first-order chi connectivity index (χ1) is 16.3. The number of amides is 1. The molecule has 1 amide bonds. The molecule has 0 aliphatic carbocycles. The monoisotopic (exact) mass is 461 g/mol. The molecule has 34 heavy (non-hydrogen) atoms. The molecule has 0 radical (unpaired) electrons. The average Bonchev–Trinajstić information content (AvgIpc) is 3.11. The second kappa shape index (κ2) is 9.39. The molecule has 0 bridgehead atoms. The molecule has 0 spiro atoms. The van der Waals surface area contributed by atoms with Gasteiger partial charge in [-0.3, -0.25) is 14.5 Å². The highest BCUT2D eigenvalue weighted by atomic mass is 19.1. The highest BCUT2D eigenvalue weighted by molar-refractivity contribution is 6.51. The lowest BCUT2D eigenvalue weighted by Crippen LogP contribution is -2.29. The van der Waals surface area contributed by atoms with Crippen LogP contribution >= 0.6 is 0 Å². The molecule has 1 saturated heterocycles. The van der Waals surface area contributed by atoms with Crippen molar-refractivity contribution in [3.63, 3.8) is 0 Å². The number of nitrogens with zero attached hydrogens (tertiary/aromatic N) is 1.